The standard InChI is InChI=1S/C9H7BrN4O/c10-5-1-2-7-6(3-5)8(9(15)14-11)13-4-12-7/h1-4H,11H2,(H,14,15). The van der Waals surface area contributed by atoms with Gasteiger partial charge in [-0.3, -0.25) is 10.2 Å². The molecule has 1 aromatic heterocycles. The topological polar surface area (TPSA) is 80.9 Å². The number of hydrogen-bond acceptors (Lipinski definition) is 4. The fourth-order valence-electron chi connectivity index (χ4n) is 1.28. The zero-order chi connectivity index (χ0) is 10.8. The predicted octanol–water partition coefficient (Wildman–Crippen LogP) is 0.996. The number of nitrogen functional groups attached to an aromatic ring is 1. The molecule has 1 amide bonds. The summed E-state index contributed by atoms with van der Waals surface area (Å²) in [6, 6.07) is 5.42. The second-order valence-electron chi connectivity index (χ2n) is 2.86. The second kappa shape index (κ2) is 3.92. The fourth-order valence-corrected chi connectivity index (χ4v) is 1.64. The summed E-state index contributed by atoms with van der Waals surface area (Å²) in [6.45, 7) is 0. The van der Waals surface area contributed by atoms with Crippen LogP contribution in [0.2, 0.25) is 0 Å². The molecule has 0 bridgehead atoms. The van der Waals surface area contributed by atoms with E-state index in [0.29, 0.717) is 10.9 Å². The van der Waals surface area contributed by atoms with Gasteiger partial charge in [-0.05, 0) is 18.2 Å². The molecule has 0 saturated carbocycles. The van der Waals surface area contributed by atoms with Crippen molar-refractivity contribution >= 4 is 32.7 Å². The lowest BCUT2D eigenvalue weighted by atomic mass is 10.2. The van der Waals surface area contributed by atoms with Gasteiger partial charge in [-0.2, -0.15) is 0 Å². The molecule has 1 heterocycles. The molecule has 15 heavy (non-hydrogen) atoms. The number of carbonyl (C=O) groups is 1. The van der Waals surface area contributed by atoms with Gasteiger partial charge < -0.3 is 0 Å². The quantitative estimate of drug-likeness (QED) is 0.458. The number of nitrogens with zero attached hydrogens (tertiary/aromatic N) is 2. The lowest BCUT2D eigenvalue weighted by Gasteiger charge is -2.03. The lowest BCUT2D eigenvalue weighted by molar-refractivity contribution is 0.0950. The minimum absolute atomic E-state index is 0.267. The van der Waals surface area contributed by atoms with Gasteiger partial charge in [0.25, 0.3) is 5.91 Å². The highest BCUT2D eigenvalue weighted by molar-refractivity contribution is 9.10. The van der Waals surface area contributed by atoms with Crippen molar-refractivity contribution in [3.8, 4) is 0 Å². The number of halogens is 1. The van der Waals surface area contributed by atoms with Gasteiger partial charge in [-0.25, -0.2) is 15.8 Å². The monoisotopic (exact) mass is 266 g/mol. The van der Waals surface area contributed by atoms with Crippen molar-refractivity contribution in [2.45, 2.75) is 0 Å². The van der Waals surface area contributed by atoms with Crippen LogP contribution in [-0.4, -0.2) is 15.9 Å². The highest BCUT2D eigenvalue weighted by Crippen LogP contribution is 2.19. The van der Waals surface area contributed by atoms with Crippen molar-refractivity contribution in [3.63, 3.8) is 0 Å². The largest absolute Gasteiger partial charge is 0.289 e. The normalized spacial score (nSPS) is 10.3. The lowest BCUT2D eigenvalue weighted by Crippen LogP contribution is -2.30. The number of hydrogen-bond donors (Lipinski definition) is 2. The van der Waals surface area contributed by atoms with Gasteiger partial charge >= 0.3 is 0 Å². The van der Waals surface area contributed by atoms with Crippen LogP contribution in [0, 0.1) is 0 Å². The molecule has 1 aromatic carbocycles. The number of aromatic nitrogens is 2. The average molecular weight is 267 g/mol. The summed E-state index contributed by atoms with van der Waals surface area (Å²) < 4.78 is 0.857. The van der Waals surface area contributed by atoms with E-state index in [0.717, 1.165) is 4.47 Å². The van der Waals surface area contributed by atoms with Crippen LogP contribution in [0.4, 0.5) is 0 Å². The summed E-state index contributed by atoms with van der Waals surface area (Å²) in [5.74, 6) is 4.63. The van der Waals surface area contributed by atoms with Crippen molar-refractivity contribution in [2.24, 2.45) is 5.84 Å². The zero-order valence-corrected chi connectivity index (χ0v) is 9.15. The van der Waals surface area contributed by atoms with Crippen LogP contribution in [0.3, 0.4) is 0 Å². The van der Waals surface area contributed by atoms with Gasteiger partial charge in [-0.1, -0.05) is 15.9 Å². The molecule has 2 aromatic rings. The van der Waals surface area contributed by atoms with E-state index in [4.69, 9.17) is 5.84 Å². The van der Waals surface area contributed by atoms with Gasteiger partial charge in [0.1, 0.15) is 12.0 Å². The molecule has 0 saturated heterocycles. The van der Waals surface area contributed by atoms with Crippen molar-refractivity contribution in [1.29, 1.82) is 0 Å². The Morgan fingerprint density at radius 2 is 2.20 bits per heavy atom. The number of fused-ring (bicyclic) bond motifs is 1. The highest BCUT2D eigenvalue weighted by Gasteiger charge is 2.10. The Balaban J connectivity index is 2.74. The van der Waals surface area contributed by atoms with E-state index in [1.54, 1.807) is 12.1 Å². The van der Waals surface area contributed by atoms with E-state index in [1.165, 1.54) is 6.33 Å². The van der Waals surface area contributed by atoms with E-state index in [-0.39, 0.29) is 5.69 Å². The maximum absolute atomic E-state index is 11.4. The van der Waals surface area contributed by atoms with Crippen LogP contribution in [0.15, 0.2) is 29.0 Å². The predicted molar refractivity (Wildman–Crippen MR) is 58.9 cm³/mol. The molecule has 0 fully saturated rings. The molecule has 0 aliphatic carbocycles. The van der Waals surface area contributed by atoms with Crippen LogP contribution in [-0.2, 0) is 0 Å². The van der Waals surface area contributed by atoms with Crippen LogP contribution < -0.4 is 11.3 Å². The first-order valence-electron chi connectivity index (χ1n) is 4.13. The van der Waals surface area contributed by atoms with Gasteiger partial charge in [0, 0.05) is 9.86 Å². The molecule has 0 aliphatic rings. The van der Waals surface area contributed by atoms with E-state index in [1.807, 2.05) is 11.5 Å². The molecule has 0 unspecified atom stereocenters. The van der Waals surface area contributed by atoms with Gasteiger partial charge in [0.05, 0.1) is 5.52 Å². The van der Waals surface area contributed by atoms with Gasteiger partial charge in [-0.15, -0.1) is 0 Å². The van der Waals surface area contributed by atoms with Crippen molar-refractivity contribution in [1.82, 2.24) is 15.4 Å². The molecule has 0 atom stereocenters. The van der Waals surface area contributed by atoms with E-state index >= 15 is 0 Å². The van der Waals surface area contributed by atoms with Crippen LogP contribution in [0.25, 0.3) is 10.9 Å². The maximum atomic E-state index is 11.4. The Bertz CT molecular complexity index is 529. The van der Waals surface area contributed by atoms with Gasteiger partial charge in [0.2, 0.25) is 0 Å². The van der Waals surface area contributed by atoms with Crippen molar-refractivity contribution in [2.75, 3.05) is 0 Å². The molecule has 0 spiro atoms. The Hall–Kier alpha value is -1.53. The average Bonchev–Trinajstić information content (AvgIpc) is 2.27. The first-order chi connectivity index (χ1) is 7.22. The summed E-state index contributed by atoms with van der Waals surface area (Å²) in [7, 11) is 0. The van der Waals surface area contributed by atoms with Crippen LogP contribution in [0.1, 0.15) is 10.5 Å². The summed E-state index contributed by atoms with van der Waals surface area (Å²) >= 11 is 3.32. The van der Waals surface area contributed by atoms with Crippen LogP contribution in [0.5, 0.6) is 0 Å². The molecule has 3 N–H and O–H groups in total. The summed E-state index contributed by atoms with van der Waals surface area (Å²) in [6.07, 6.45) is 1.33. The number of nitrogens with one attached hydrogen (secondary N) is 1. The molecule has 0 aliphatic heterocycles. The molecule has 0 radical (unpaired) electrons. The fraction of sp³-hybridized carbons (Fsp3) is 0. The molecular formula is C9H7BrN4O. The Morgan fingerprint density at radius 3 is 2.93 bits per heavy atom. The minimum atomic E-state index is -0.430. The van der Waals surface area contributed by atoms with Gasteiger partial charge in [0.15, 0.2) is 0 Å². The minimum Gasteiger partial charge on any atom is -0.289 e. The molecule has 6 heteroatoms. The Morgan fingerprint density at radius 1 is 1.40 bits per heavy atom. The van der Waals surface area contributed by atoms with E-state index in [2.05, 4.69) is 25.9 Å². The number of benzene rings is 1. The Kier molecular flexibility index (Phi) is 2.61. The molecular weight excluding hydrogens is 260 g/mol. The Labute approximate surface area is 93.8 Å². The molecule has 2 rings (SSSR count). The third-order valence-electron chi connectivity index (χ3n) is 1.94. The third kappa shape index (κ3) is 1.81. The van der Waals surface area contributed by atoms with E-state index in [9.17, 15) is 4.79 Å². The number of rotatable bonds is 1. The van der Waals surface area contributed by atoms with Crippen molar-refractivity contribution < 1.29 is 4.79 Å². The second-order valence-corrected chi connectivity index (χ2v) is 3.77. The molecule has 5 nitrogen and oxygen atoms in total. The SMILES string of the molecule is NNC(=O)c1ncnc2ccc(Br)cc12. The maximum Gasteiger partial charge on any atom is 0.284 e. The van der Waals surface area contributed by atoms with E-state index < -0.39 is 5.91 Å². The van der Waals surface area contributed by atoms with Crippen LogP contribution >= 0.6 is 15.9 Å². The van der Waals surface area contributed by atoms with Crippen molar-refractivity contribution in [3.05, 3.63) is 34.7 Å². The summed E-state index contributed by atoms with van der Waals surface area (Å²) in [4.78, 5) is 19.3. The highest BCUT2D eigenvalue weighted by atomic mass is 79.9. The first kappa shape index (κ1) is 10.0. The summed E-state index contributed by atoms with van der Waals surface area (Å²) in [5.41, 5.74) is 3.02. The number of carbonyl (C=O) groups excluding carboxylic acids is 1. The smallest absolute Gasteiger partial charge is 0.284 e. The zero-order valence-electron chi connectivity index (χ0n) is 7.57. The third-order valence-corrected chi connectivity index (χ3v) is 2.44. The number of nitrogens with two attached hydrogens (primary N) is 1. The summed E-state index contributed by atoms with van der Waals surface area (Å²) in [5, 5.41) is 0.662. The number of hydrazine groups is 1. The molecule has 76 valence electrons. The number of amides is 1. The first-order valence-corrected chi connectivity index (χ1v) is 4.93.